The van der Waals surface area contributed by atoms with Crippen LogP contribution in [0.2, 0.25) is 0 Å². The third-order valence-corrected chi connectivity index (χ3v) is 2.11. The lowest BCUT2D eigenvalue weighted by atomic mass is 10.0. The zero-order valence-electron chi connectivity index (χ0n) is 10.1. The lowest BCUT2D eigenvalue weighted by molar-refractivity contribution is 0.443. The van der Waals surface area contributed by atoms with Crippen LogP contribution in [0.4, 0.5) is 0 Å². The van der Waals surface area contributed by atoms with Gasteiger partial charge in [0.1, 0.15) is 0 Å². The van der Waals surface area contributed by atoms with Gasteiger partial charge in [-0.1, -0.05) is 31.9 Å². The van der Waals surface area contributed by atoms with Crippen LogP contribution in [0.15, 0.2) is 11.6 Å². The van der Waals surface area contributed by atoms with Crippen molar-refractivity contribution in [1.82, 2.24) is 5.32 Å². The maximum absolute atomic E-state index is 3.48. The van der Waals surface area contributed by atoms with Crippen LogP contribution < -0.4 is 5.32 Å². The van der Waals surface area contributed by atoms with E-state index in [4.69, 9.17) is 0 Å². The molecular weight excluding hydrogens is 158 g/mol. The normalized spacial score (nSPS) is 16.0. The Labute approximate surface area is 83.6 Å². The third kappa shape index (κ3) is 8.04. The van der Waals surface area contributed by atoms with Crippen molar-refractivity contribution in [2.24, 2.45) is 5.92 Å². The van der Waals surface area contributed by atoms with Crippen LogP contribution >= 0.6 is 0 Å². The molecule has 0 saturated heterocycles. The van der Waals surface area contributed by atoms with Crippen molar-refractivity contribution < 1.29 is 0 Å². The van der Waals surface area contributed by atoms with Crippen LogP contribution in [-0.2, 0) is 0 Å². The second-order valence-electron chi connectivity index (χ2n) is 5.00. The Kier molecular flexibility index (Phi) is 5.31. The van der Waals surface area contributed by atoms with Gasteiger partial charge in [0.2, 0.25) is 0 Å². The molecule has 0 aliphatic heterocycles. The highest BCUT2D eigenvalue weighted by Crippen LogP contribution is 2.07. The molecule has 0 aromatic carbocycles. The second kappa shape index (κ2) is 5.43. The maximum atomic E-state index is 3.48. The molecule has 0 aliphatic rings. The number of rotatable bonds is 4. The molecule has 0 aromatic rings. The van der Waals surface area contributed by atoms with E-state index in [2.05, 4.69) is 52.9 Å². The Hall–Kier alpha value is -0.300. The zero-order chi connectivity index (χ0) is 10.5. The fourth-order valence-electron chi connectivity index (χ4n) is 1.07. The third-order valence-electron chi connectivity index (χ3n) is 2.11. The Morgan fingerprint density at radius 2 is 1.92 bits per heavy atom. The first-order valence-corrected chi connectivity index (χ1v) is 5.27. The minimum Gasteiger partial charge on any atom is -0.308 e. The SMILES string of the molecule is CCC(C)C=C(C)CNC(C)(C)C. The van der Waals surface area contributed by atoms with Gasteiger partial charge in [-0.15, -0.1) is 0 Å². The molecule has 0 heterocycles. The molecular formula is C12H25N. The van der Waals surface area contributed by atoms with Crippen LogP contribution in [0.5, 0.6) is 0 Å². The largest absolute Gasteiger partial charge is 0.308 e. The van der Waals surface area contributed by atoms with Crippen molar-refractivity contribution in [2.45, 2.75) is 53.5 Å². The lowest BCUT2D eigenvalue weighted by Crippen LogP contribution is -2.36. The molecule has 0 aromatic heterocycles. The summed E-state index contributed by atoms with van der Waals surface area (Å²) in [4.78, 5) is 0. The fourth-order valence-corrected chi connectivity index (χ4v) is 1.07. The number of nitrogens with one attached hydrogen (secondary N) is 1. The van der Waals surface area contributed by atoms with Gasteiger partial charge in [0.15, 0.2) is 0 Å². The molecule has 1 N–H and O–H groups in total. The summed E-state index contributed by atoms with van der Waals surface area (Å²) in [6, 6.07) is 0. The predicted molar refractivity (Wildman–Crippen MR) is 61.0 cm³/mol. The van der Waals surface area contributed by atoms with Gasteiger partial charge in [0.05, 0.1) is 0 Å². The van der Waals surface area contributed by atoms with E-state index < -0.39 is 0 Å². The van der Waals surface area contributed by atoms with E-state index in [9.17, 15) is 0 Å². The molecule has 1 atom stereocenters. The van der Waals surface area contributed by atoms with Crippen molar-refractivity contribution >= 4 is 0 Å². The lowest BCUT2D eigenvalue weighted by Gasteiger charge is -2.21. The van der Waals surface area contributed by atoms with Crippen LogP contribution in [0.1, 0.15) is 48.0 Å². The quantitative estimate of drug-likeness (QED) is 0.659. The number of hydrogen-bond donors (Lipinski definition) is 1. The van der Waals surface area contributed by atoms with E-state index in [0.29, 0.717) is 5.92 Å². The van der Waals surface area contributed by atoms with Crippen LogP contribution in [-0.4, -0.2) is 12.1 Å². The monoisotopic (exact) mass is 183 g/mol. The molecule has 13 heavy (non-hydrogen) atoms. The summed E-state index contributed by atoms with van der Waals surface area (Å²) < 4.78 is 0. The molecule has 1 heteroatoms. The smallest absolute Gasteiger partial charge is 0.0166 e. The average molecular weight is 183 g/mol. The topological polar surface area (TPSA) is 12.0 Å². The standard InChI is InChI=1S/C12H25N/c1-7-10(2)8-11(3)9-13-12(4,5)6/h8,10,13H,7,9H2,1-6H3. The molecule has 0 aliphatic carbocycles. The first kappa shape index (κ1) is 12.7. The number of allylic oxidation sites excluding steroid dienone is 1. The first-order chi connectivity index (χ1) is 5.85. The fraction of sp³-hybridized carbons (Fsp3) is 0.833. The van der Waals surface area contributed by atoms with Crippen molar-refractivity contribution in [1.29, 1.82) is 0 Å². The Balaban J connectivity index is 3.87. The minimum atomic E-state index is 0.227. The second-order valence-corrected chi connectivity index (χ2v) is 5.00. The first-order valence-electron chi connectivity index (χ1n) is 5.27. The van der Waals surface area contributed by atoms with Crippen LogP contribution in [0.3, 0.4) is 0 Å². The van der Waals surface area contributed by atoms with E-state index in [1.54, 1.807) is 0 Å². The zero-order valence-corrected chi connectivity index (χ0v) is 10.1. The summed E-state index contributed by atoms with van der Waals surface area (Å²) in [6.07, 6.45) is 3.59. The van der Waals surface area contributed by atoms with Crippen molar-refractivity contribution in [3.05, 3.63) is 11.6 Å². The summed E-state index contributed by atoms with van der Waals surface area (Å²) in [5.74, 6) is 0.710. The Morgan fingerprint density at radius 3 is 2.31 bits per heavy atom. The molecule has 0 spiro atoms. The Morgan fingerprint density at radius 1 is 1.38 bits per heavy atom. The summed E-state index contributed by atoms with van der Waals surface area (Å²) in [5, 5.41) is 3.48. The van der Waals surface area contributed by atoms with Crippen molar-refractivity contribution in [2.75, 3.05) is 6.54 Å². The van der Waals surface area contributed by atoms with Gasteiger partial charge in [-0.3, -0.25) is 0 Å². The highest BCUT2D eigenvalue weighted by molar-refractivity contribution is 5.03. The van der Waals surface area contributed by atoms with Gasteiger partial charge in [0, 0.05) is 12.1 Å². The van der Waals surface area contributed by atoms with E-state index in [1.165, 1.54) is 12.0 Å². The summed E-state index contributed by atoms with van der Waals surface area (Å²) in [6.45, 7) is 14.3. The van der Waals surface area contributed by atoms with E-state index in [0.717, 1.165) is 6.54 Å². The van der Waals surface area contributed by atoms with Crippen LogP contribution in [0, 0.1) is 5.92 Å². The van der Waals surface area contributed by atoms with E-state index in [-0.39, 0.29) is 5.54 Å². The van der Waals surface area contributed by atoms with Crippen LogP contribution in [0.25, 0.3) is 0 Å². The van der Waals surface area contributed by atoms with E-state index >= 15 is 0 Å². The van der Waals surface area contributed by atoms with Gasteiger partial charge in [-0.25, -0.2) is 0 Å². The molecule has 0 bridgehead atoms. The molecule has 0 radical (unpaired) electrons. The predicted octanol–water partition coefficient (Wildman–Crippen LogP) is 3.37. The van der Waals surface area contributed by atoms with Crippen molar-refractivity contribution in [3.8, 4) is 0 Å². The summed E-state index contributed by atoms with van der Waals surface area (Å²) in [5.41, 5.74) is 1.68. The molecule has 1 nitrogen and oxygen atoms in total. The number of hydrogen-bond acceptors (Lipinski definition) is 1. The molecule has 0 amide bonds. The Bertz CT molecular complexity index is 162. The molecule has 0 fully saturated rings. The van der Waals surface area contributed by atoms with Gasteiger partial charge < -0.3 is 5.32 Å². The van der Waals surface area contributed by atoms with Gasteiger partial charge in [-0.2, -0.15) is 0 Å². The molecule has 0 rings (SSSR count). The highest BCUT2D eigenvalue weighted by Gasteiger charge is 2.07. The maximum Gasteiger partial charge on any atom is 0.0166 e. The summed E-state index contributed by atoms with van der Waals surface area (Å²) in [7, 11) is 0. The molecule has 1 unspecified atom stereocenters. The van der Waals surface area contributed by atoms with Gasteiger partial charge in [0.25, 0.3) is 0 Å². The molecule has 0 saturated carbocycles. The van der Waals surface area contributed by atoms with Gasteiger partial charge in [-0.05, 0) is 33.6 Å². The highest BCUT2D eigenvalue weighted by atomic mass is 14.9. The van der Waals surface area contributed by atoms with E-state index in [1.807, 2.05) is 0 Å². The molecule has 78 valence electrons. The van der Waals surface area contributed by atoms with Gasteiger partial charge >= 0.3 is 0 Å². The minimum absolute atomic E-state index is 0.227. The average Bonchev–Trinajstić information content (AvgIpc) is 1.99. The summed E-state index contributed by atoms with van der Waals surface area (Å²) >= 11 is 0. The van der Waals surface area contributed by atoms with Crippen molar-refractivity contribution in [3.63, 3.8) is 0 Å².